The fourth-order valence-corrected chi connectivity index (χ4v) is 5.76. The molecule has 1 fully saturated rings. The van der Waals surface area contributed by atoms with Gasteiger partial charge in [0.05, 0.1) is 40.8 Å². The Labute approximate surface area is 223 Å². The summed E-state index contributed by atoms with van der Waals surface area (Å²) in [6.45, 7) is -1.26. The topological polar surface area (TPSA) is 160 Å². The molecule has 1 aromatic heterocycles. The number of benzene rings is 2. The highest BCUT2D eigenvalue weighted by Gasteiger charge is 2.47. The van der Waals surface area contributed by atoms with Crippen molar-refractivity contribution >= 4 is 32.6 Å². The van der Waals surface area contributed by atoms with Gasteiger partial charge in [-0.25, -0.2) is 17.2 Å². The highest BCUT2D eigenvalue weighted by atomic mass is 32.2. The molecule has 1 aliphatic rings. The Balaban J connectivity index is 1.57. The standard InChI is InChI=1S/C26H25F2N5O5S/c27-26(28)13-19(14-30)32(16-26)24(34)15-31-25(35)21-8-10-33(36)23-7-4-18(12-22(21)23)17-2-5-20(6-3-17)39(37,38)11-1-9-29/h2-8,10,12,19H,1,9,11,13,15-16,29H2,(H,31,35)/t19-/m0/s1. The third-order valence-electron chi connectivity index (χ3n) is 6.45. The first kappa shape index (κ1) is 27.9. The summed E-state index contributed by atoms with van der Waals surface area (Å²) < 4.78 is 52.7. The van der Waals surface area contributed by atoms with E-state index in [0.29, 0.717) is 22.3 Å². The van der Waals surface area contributed by atoms with Crippen molar-refractivity contribution in [3.63, 3.8) is 0 Å². The normalized spacial score (nSPS) is 16.7. The van der Waals surface area contributed by atoms with E-state index >= 15 is 0 Å². The fraction of sp³-hybridized carbons (Fsp3) is 0.308. The Morgan fingerprint density at radius 2 is 1.87 bits per heavy atom. The summed E-state index contributed by atoms with van der Waals surface area (Å²) in [6, 6.07) is 12.6. The maximum atomic E-state index is 13.7. The molecular weight excluding hydrogens is 532 g/mol. The SMILES string of the molecule is N#C[C@@H]1CC(F)(F)CN1C(=O)CNC(=O)c1cc[n+]([O-])c2ccc(-c3ccc(S(=O)(=O)CCCN)cc3)cc12. The molecule has 0 aliphatic carbocycles. The number of amides is 2. The molecule has 0 bridgehead atoms. The molecule has 3 N–H and O–H groups in total. The van der Waals surface area contributed by atoms with Crippen molar-refractivity contribution in [2.45, 2.75) is 29.7 Å². The van der Waals surface area contributed by atoms with Crippen molar-refractivity contribution in [2.24, 2.45) is 5.73 Å². The number of hydrogen-bond acceptors (Lipinski definition) is 7. The summed E-state index contributed by atoms with van der Waals surface area (Å²) in [7, 11) is -3.48. The monoisotopic (exact) mass is 557 g/mol. The lowest BCUT2D eigenvalue weighted by Gasteiger charge is -2.19. The highest BCUT2D eigenvalue weighted by molar-refractivity contribution is 7.91. The second kappa shape index (κ2) is 10.9. The average molecular weight is 558 g/mol. The Kier molecular flexibility index (Phi) is 7.80. The quantitative estimate of drug-likeness (QED) is 0.315. The van der Waals surface area contributed by atoms with Crippen LogP contribution in [0, 0.1) is 16.5 Å². The van der Waals surface area contributed by atoms with Crippen molar-refractivity contribution in [3.05, 3.63) is 65.5 Å². The predicted octanol–water partition coefficient (Wildman–Crippen LogP) is 1.75. The summed E-state index contributed by atoms with van der Waals surface area (Å²) in [6.07, 6.45) is 0.704. The molecule has 4 rings (SSSR count). The molecule has 1 atom stereocenters. The lowest BCUT2D eigenvalue weighted by molar-refractivity contribution is -0.577. The van der Waals surface area contributed by atoms with Crippen molar-refractivity contribution in [1.29, 1.82) is 5.26 Å². The van der Waals surface area contributed by atoms with Gasteiger partial charge in [-0.3, -0.25) is 9.59 Å². The van der Waals surface area contributed by atoms with Gasteiger partial charge in [-0.1, -0.05) is 12.1 Å². The van der Waals surface area contributed by atoms with Crippen LogP contribution in [0.2, 0.25) is 0 Å². The molecule has 1 saturated heterocycles. The number of nitrogens with one attached hydrogen (secondary N) is 1. The number of nitrogens with two attached hydrogens (primary N) is 1. The van der Waals surface area contributed by atoms with Crippen LogP contribution in [0.5, 0.6) is 0 Å². The molecule has 0 spiro atoms. The molecule has 2 aromatic carbocycles. The van der Waals surface area contributed by atoms with E-state index in [1.807, 2.05) is 0 Å². The first-order chi connectivity index (χ1) is 18.5. The molecular formula is C26H25F2N5O5S. The van der Waals surface area contributed by atoms with Crippen molar-refractivity contribution in [3.8, 4) is 17.2 Å². The van der Waals surface area contributed by atoms with E-state index in [0.717, 1.165) is 11.1 Å². The van der Waals surface area contributed by atoms with Gasteiger partial charge in [0, 0.05) is 18.6 Å². The number of fused-ring (bicyclic) bond motifs is 1. The number of halogens is 2. The second-order valence-corrected chi connectivity index (χ2v) is 11.3. The third kappa shape index (κ3) is 5.97. The van der Waals surface area contributed by atoms with Gasteiger partial charge in [0.15, 0.2) is 16.0 Å². The predicted molar refractivity (Wildman–Crippen MR) is 137 cm³/mol. The molecule has 1 aliphatic heterocycles. The van der Waals surface area contributed by atoms with Gasteiger partial charge in [0.1, 0.15) is 6.04 Å². The minimum Gasteiger partial charge on any atom is -0.618 e. The highest BCUT2D eigenvalue weighted by Crippen LogP contribution is 2.31. The van der Waals surface area contributed by atoms with E-state index < -0.39 is 53.1 Å². The fourth-order valence-electron chi connectivity index (χ4n) is 4.43. The van der Waals surface area contributed by atoms with Crippen molar-refractivity contribution in [2.75, 3.05) is 25.4 Å². The van der Waals surface area contributed by atoms with Crippen LogP contribution in [0.15, 0.2) is 59.6 Å². The van der Waals surface area contributed by atoms with E-state index in [2.05, 4.69) is 5.32 Å². The zero-order valence-electron chi connectivity index (χ0n) is 20.6. The third-order valence-corrected chi connectivity index (χ3v) is 8.27. The first-order valence-electron chi connectivity index (χ1n) is 12.0. The Hall–Kier alpha value is -4.15. The van der Waals surface area contributed by atoms with E-state index in [-0.39, 0.29) is 33.7 Å². The Morgan fingerprint density at radius 3 is 2.54 bits per heavy atom. The summed E-state index contributed by atoms with van der Waals surface area (Å²) in [5.74, 6) is -4.79. The number of nitriles is 1. The number of likely N-dealkylation sites (tertiary alicyclic amines) is 1. The minimum absolute atomic E-state index is 0.0660. The van der Waals surface area contributed by atoms with Gasteiger partial charge < -0.3 is 21.2 Å². The molecule has 2 heterocycles. The Bertz CT molecular complexity index is 1570. The van der Waals surface area contributed by atoms with Crippen LogP contribution >= 0.6 is 0 Å². The summed E-state index contributed by atoms with van der Waals surface area (Å²) >= 11 is 0. The molecule has 204 valence electrons. The number of sulfone groups is 1. The van der Waals surface area contributed by atoms with Crippen LogP contribution in [0.25, 0.3) is 22.0 Å². The minimum atomic E-state index is -3.48. The summed E-state index contributed by atoms with van der Waals surface area (Å²) in [5.41, 5.74) is 6.88. The summed E-state index contributed by atoms with van der Waals surface area (Å²) in [4.78, 5) is 26.3. The lowest BCUT2D eigenvalue weighted by Crippen LogP contribution is -2.43. The number of pyridine rings is 1. The number of carbonyl (C=O) groups is 2. The molecule has 0 unspecified atom stereocenters. The number of alkyl halides is 2. The zero-order chi connectivity index (χ0) is 28.4. The number of aromatic nitrogens is 1. The van der Waals surface area contributed by atoms with Crippen LogP contribution < -0.4 is 15.8 Å². The molecule has 10 nitrogen and oxygen atoms in total. The van der Waals surface area contributed by atoms with Crippen molar-refractivity contribution < 1.29 is 31.5 Å². The van der Waals surface area contributed by atoms with Gasteiger partial charge in [-0.05, 0) is 48.4 Å². The number of rotatable bonds is 8. The summed E-state index contributed by atoms with van der Waals surface area (Å²) in [5, 5.41) is 24.1. The van der Waals surface area contributed by atoms with Gasteiger partial charge >= 0.3 is 0 Å². The van der Waals surface area contributed by atoms with E-state index in [4.69, 9.17) is 11.0 Å². The number of carbonyl (C=O) groups excluding carboxylic acids is 2. The average Bonchev–Trinajstić information content (AvgIpc) is 3.25. The van der Waals surface area contributed by atoms with Gasteiger partial charge in [0.2, 0.25) is 11.4 Å². The number of hydrogen-bond donors (Lipinski definition) is 2. The molecule has 13 heteroatoms. The number of nitrogens with zero attached hydrogens (tertiary/aromatic N) is 3. The van der Waals surface area contributed by atoms with Gasteiger partial charge in [0.25, 0.3) is 11.8 Å². The maximum absolute atomic E-state index is 13.7. The molecule has 3 aromatic rings. The van der Waals surface area contributed by atoms with Crippen LogP contribution in [-0.4, -0.2) is 62.5 Å². The smallest absolute Gasteiger partial charge is 0.268 e. The molecule has 39 heavy (non-hydrogen) atoms. The molecule has 0 saturated carbocycles. The van der Waals surface area contributed by atoms with Crippen LogP contribution in [0.1, 0.15) is 23.2 Å². The molecule has 2 amide bonds. The van der Waals surface area contributed by atoms with Crippen molar-refractivity contribution in [1.82, 2.24) is 10.2 Å². The maximum Gasteiger partial charge on any atom is 0.268 e. The lowest BCUT2D eigenvalue weighted by atomic mass is 10.0. The van der Waals surface area contributed by atoms with Crippen LogP contribution in [0.3, 0.4) is 0 Å². The second-order valence-electron chi connectivity index (χ2n) is 9.18. The van der Waals surface area contributed by atoms with Gasteiger partial charge in [-0.2, -0.15) is 9.99 Å². The zero-order valence-corrected chi connectivity index (χ0v) is 21.5. The van der Waals surface area contributed by atoms with E-state index in [1.165, 1.54) is 24.3 Å². The van der Waals surface area contributed by atoms with Crippen LogP contribution in [-0.2, 0) is 14.6 Å². The molecule has 0 radical (unpaired) electrons. The van der Waals surface area contributed by atoms with E-state index in [9.17, 15) is 32.0 Å². The van der Waals surface area contributed by atoms with Crippen LogP contribution in [0.4, 0.5) is 8.78 Å². The largest absolute Gasteiger partial charge is 0.618 e. The Morgan fingerprint density at radius 1 is 1.18 bits per heavy atom. The van der Waals surface area contributed by atoms with Gasteiger partial charge in [-0.15, -0.1) is 0 Å². The van der Waals surface area contributed by atoms with E-state index in [1.54, 1.807) is 30.3 Å². The first-order valence-corrected chi connectivity index (χ1v) is 13.7.